The van der Waals surface area contributed by atoms with Gasteiger partial charge in [-0.05, 0) is 62.2 Å². The minimum Gasteiger partial charge on any atom is -0.497 e. The molecule has 1 unspecified atom stereocenters. The van der Waals surface area contributed by atoms with E-state index in [0.29, 0.717) is 11.4 Å². The molecule has 2 aromatic rings. The Bertz CT molecular complexity index is 861. The molecule has 1 atom stereocenters. The zero-order valence-corrected chi connectivity index (χ0v) is 15.5. The molecule has 134 valence electrons. The second-order valence-corrected chi connectivity index (χ2v) is 7.47. The number of carbonyl (C=O) groups is 1. The number of rotatable bonds is 6. The highest BCUT2D eigenvalue weighted by molar-refractivity contribution is 7.89. The van der Waals surface area contributed by atoms with Gasteiger partial charge in [0.15, 0.2) is 0 Å². The number of benzene rings is 2. The Labute approximate surface area is 148 Å². The van der Waals surface area contributed by atoms with Gasteiger partial charge in [0.25, 0.3) is 0 Å². The van der Waals surface area contributed by atoms with Crippen molar-refractivity contribution in [2.75, 3.05) is 12.4 Å². The molecule has 0 radical (unpaired) electrons. The molecule has 0 bridgehead atoms. The normalized spacial score (nSPS) is 12.5. The van der Waals surface area contributed by atoms with E-state index >= 15 is 0 Å². The third-order valence-corrected chi connectivity index (χ3v) is 5.51. The van der Waals surface area contributed by atoms with Crippen LogP contribution in [0.3, 0.4) is 0 Å². The van der Waals surface area contributed by atoms with Crippen LogP contribution in [-0.2, 0) is 14.8 Å². The fourth-order valence-corrected chi connectivity index (χ4v) is 3.44. The number of anilines is 1. The number of hydrogen-bond acceptors (Lipinski definition) is 4. The Hall–Kier alpha value is -2.38. The van der Waals surface area contributed by atoms with Gasteiger partial charge in [0.2, 0.25) is 15.9 Å². The largest absolute Gasteiger partial charge is 0.497 e. The molecule has 0 saturated heterocycles. The van der Waals surface area contributed by atoms with E-state index in [1.54, 1.807) is 18.2 Å². The summed E-state index contributed by atoms with van der Waals surface area (Å²) in [5.74, 6) is 0.130. The number of methoxy groups -OCH3 is 1. The summed E-state index contributed by atoms with van der Waals surface area (Å²) in [5.41, 5.74) is 2.66. The predicted octanol–water partition coefficient (Wildman–Crippen LogP) is 2.62. The Morgan fingerprint density at radius 1 is 1.08 bits per heavy atom. The van der Waals surface area contributed by atoms with Crippen molar-refractivity contribution >= 4 is 21.6 Å². The highest BCUT2D eigenvalue weighted by Crippen LogP contribution is 2.19. The van der Waals surface area contributed by atoms with Gasteiger partial charge in [-0.2, -0.15) is 4.72 Å². The lowest BCUT2D eigenvalue weighted by atomic mass is 10.1. The van der Waals surface area contributed by atoms with Gasteiger partial charge in [0.05, 0.1) is 18.0 Å². The fourth-order valence-electron chi connectivity index (χ4n) is 2.24. The van der Waals surface area contributed by atoms with Crippen LogP contribution in [0.5, 0.6) is 5.75 Å². The maximum atomic E-state index is 12.4. The molecule has 0 aromatic heterocycles. The van der Waals surface area contributed by atoms with Gasteiger partial charge in [-0.3, -0.25) is 4.79 Å². The highest BCUT2D eigenvalue weighted by Gasteiger charge is 2.22. The van der Waals surface area contributed by atoms with E-state index < -0.39 is 22.0 Å². The molecule has 0 fully saturated rings. The van der Waals surface area contributed by atoms with Crippen molar-refractivity contribution in [1.82, 2.24) is 4.72 Å². The monoisotopic (exact) mass is 362 g/mol. The van der Waals surface area contributed by atoms with Crippen molar-refractivity contribution in [3.63, 3.8) is 0 Å². The van der Waals surface area contributed by atoms with Crippen molar-refractivity contribution in [2.24, 2.45) is 0 Å². The van der Waals surface area contributed by atoms with Crippen molar-refractivity contribution in [3.8, 4) is 5.75 Å². The van der Waals surface area contributed by atoms with Crippen molar-refractivity contribution < 1.29 is 17.9 Å². The van der Waals surface area contributed by atoms with E-state index in [9.17, 15) is 13.2 Å². The van der Waals surface area contributed by atoms with Crippen LogP contribution in [0.1, 0.15) is 18.1 Å². The van der Waals surface area contributed by atoms with Crippen LogP contribution in [0, 0.1) is 13.8 Å². The smallest absolute Gasteiger partial charge is 0.242 e. The van der Waals surface area contributed by atoms with E-state index in [1.807, 2.05) is 26.0 Å². The molecule has 2 rings (SSSR count). The number of ether oxygens (including phenoxy) is 1. The molecule has 7 heteroatoms. The molecule has 0 heterocycles. The first-order valence-corrected chi connectivity index (χ1v) is 9.26. The minimum atomic E-state index is -3.81. The zero-order chi connectivity index (χ0) is 18.6. The second kappa shape index (κ2) is 7.67. The Morgan fingerprint density at radius 3 is 2.32 bits per heavy atom. The molecular formula is C18H22N2O4S. The Morgan fingerprint density at radius 2 is 1.72 bits per heavy atom. The average molecular weight is 362 g/mol. The maximum absolute atomic E-state index is 12.4. The van der Waals surface area contributed by atoms with Crippen LogP contribution in [-0.4, -0.2) is 27.5 Å². The van der Waals surface area contributed by atoms with Crippen LogP contribution >= 0.6 is 0 Å². The quantitative estimate of drug-likeness (QED) is 0.827. The van der Waals surface area contributed by atoms with Crippen LogP contribution in [0.4, 0.5) is 5.69 Å². The highest BCUT2D eigenvalue weighted by atomic mass is 32.2. The lowest BCUT2D eigenvalue weighted by Crippen LogP contribution is -2.41. The number of sulfonamides is 1. The third-order valence-electron chi connectivity index (χ3n) is 3.96. The van der Waals surface area contributed by atoms with E-state index in [2.05, 4.69) is 10.0 Å². The summed E-state index contributed by atoms with van der Waals surface area (Å²) in [6.45, 7) is 5.35. The summed E-state index contributed by atoms with van der Waals surface area (Å²) in [6.07, 6.45) is 0. The SMILES string of the molecule is COc1ccc(S(=O)(=O)NC(C)C(=O)Nc2cccc(C)c2C)cc1. The van der Waals surface area contributed by atoms with Crippen LogP contribution in [0.25, 0.3) is 0 Å². The van der Waals surface area contributed by atoms with Gasteiger partial charge < -0.3 is 10.1 Å². The standard InChI is InChI=1S/C18H22N2O4S/c1-12-6-5-7-17(13(12)2)19-18(21)14(3)20-25(22,23)16-10-8-15(24-4)9-11-16/h5-11,14,20H,1-4H3,(H,19,21). The van der Waals surface area contributed by atoms with E-state index in [0.717, 1.165) is 11.1 Å². The van der Waals surface area contributed by atoms with Crippen LogP contribution in [0.2, 0.25) is 0 Å². The zero-order valence-electron chi connectivity index (χ0n) is 14.7. The topological polar surface area (TPSA) is 84.5 Å². The predicted molar refractivity (Wildman–Crippen MR) is 97.3 cm³/mol. The summed E-state index contributed by atoms with van der Waals surface area (Å²) in [6, 6.07) is 10.6. The fraction of sp³-hybridized carbons (Fsp3) is 0.278. The summed E-state index contributed by atoms with van der Waals surface area (Å²) in [4.78, 5) is 12.4. The molecule has 2 N–H and O–H groups in total. The van der Waals surface area contributed by atoms with Crippen LogP contribution in [0.15, 0.2) is 47.4 Å². The van der Waals surface area contributed by atoms with Crippen molar-refractivity contribution in [1.29, 1.82) is 0 Å². The molecule has 0 aliphatic carbocycles. The number of hydrogen-bond donors (Lipinski definition) is 2. The Kier molecular flexibility index (Phi) is 5.81. The Balaban J connectivity index is 2.10. The maximum Gasteiger partial charge on any atom is 0.242 e. The molecular weight excluding hydrogens is 340 g/mol. The van der Waals surface area contributed by atoms with Crippen molar-refractivity contribution in [2.45, 2.75) is 31.7 Å². The molecule has 0 saturated carbocycles. The van der Waals surface area contributed by atoms with Crippen LogP contribution < -0.4 is 14.8 Å². The molecule has 0 spiro atoms. The van der Waals surface area contributed by atoms with Gasteiger partial charge in [-0.15, -0.1) is 0 Å². The summed E-state index contributed by atoms with van der Waals surface area (Å²) >= 11 is 0. The average Bonchev–Trinajstić information content (AvgIpc) is 2.58. The molecule has 6 nitrogen and oxygen atoms in total. The molecule has 2 aromatic carbocycles. The number of amides is 1. The second-order valence-electron chi connectivity index (χ2n) is 5.76. The number of aryl methyl sites for hydroxylation is 1. The molecule has 0 aliphatic rings. The van der Waals surface area contributed by atoms with E-state index in [4.69, 9.17) is 4.74 Å². The first-order chi connectivity index (χ1) is 11.7. The van der Waals surface area contributed by atoms with E-state index in [-0.39, 0.29) is 4.90 Å². The van der Waals surface area contributed by atoms with Crippen molar-refractivity contribution in [3.05, 3.63) is 53.6 Å². The first kappa shape index (κ1) is 19.0. The first-order valence-electron chi connectivity index (χ1n) is 7.78. The lowest BCUT2D eigenvalue weighted by Gasteiger charge is -2.16. The minimum absolute atomic E-state index is 0.0692. The molecule has 1 amide bonds. The molecule has 25 heavy (non-hydrogen) atoms. The van der Waals surface area contributed by atoms with Gasteiger partial charge >= 0.3 is 0 Å². The molecule has 0 aliphatic heterocycles. The van der Waals surface area contributed by atoms with Gasteiger partial charge in [0, 0.05) is 5.69 Å². The summed E-state index contributed by atoms with van der Waals surface area (Å²) in [7, 11) is -2.31. The summed E-state index contributed by atoms with van der Waals surface area (Å²) in [5, 5.41) is 2.76. The third kappa shape index (κ3) is 4.58. The van der Waals surface area contributed by atoms with Gasteiger partial charge in [-0.25, -0.2) is 8.42 Å². The van der Waals surface area contributed by atoms with E-state index in [1.165, 1.54) is 26.2 Å². The van der Waals surface area contributed by atoms with Gasteiger partial charge in [0.1, 0.15) is 5.75 Å². The number of carbonyl (C=O) groups excluding carboxylic acids is 1. The van der Waals surface area contributed by atoms with Gasteiger partial charge in [-0.1, -0.05) is 12.1 Å². The number of nitrogens with one attached hydrogen (secondary N) is 2. The summed E-state index contributed by atoms with van der Waals surface area (Å²) < 4.78 is 32.2. The lowest BCUT2D eigenvalue weighted by molar-refractivity contribution is -0.117.